The van der Waals surface area contributed by atoms with Crippen molar-refractivity contribution < 1.29 is 4.74 Å². The molecule has 1 aromatic heterocycles. The van der Waals surface area contributed by atoms with Gasteiger partial charge < -0.3 is 10.5 Å². The van der Waals surface area contributed by atoms with Crippen molar-refractivity contribution in [3.8, 4) is 17.4 Å². The predicted molar refractivity (Wildman–Crippen MR) is 79.6 cm³/mol. The lowest BCUT2D eigenvalue weighted by Gasteiger charge is -2.10. The lowest BCUT2D eigenvalue weighted by atomic mass is 10.1. The van der Waals surface area contributed by atoms with Crippen LogP contribution < -0.4 is 10.5 Å². The summed E-state index contributed by atoms with van der Waals surface area (Å²) >= 11 is 0. The molecule has 2 aromatic carbocycles. The maximum Gasteiger partial charge on any atom is 0.345 e. The summed E-state index contributed by atoms with van der Waals surface area (Å²) in [5.41, 5.74) is 9.43. The van der Waals surface area contributed by atoms with Gasteiger partial charge in [0.1, 0.15) is 5.75 Å². The highest BCUT2D eigenvalue weighted by Crippen LogP contribution is 2.28. The normalized spacial score (nSPS) is 10.6. The Morgan fingerprint density at radius 3 is 2.57 bits per heavy atom. The highest BCUT2D eigenvalue weighted by molar-refractivity contribution is 5.54. The van der Waals surface area contributed by atoms with Crippen LogP contribution in [0.5, 0.6) is 11.8 Å². The van der Waals surface area contributed by atoms with E-state index >= 15 is 0 Å². The van der Waals surface area contributed by atoms with Crippen molar-refractivity contribution in [2.45, 2.75) is 13.8 Å². The Morgan fingerprint density at radius 1 is 1.05 bits per heavy atom. The zero-order valence-electron chi connectivity index (χ0n) is 11.8. The van der Waals surface area contributed by atoms with Gasteiger partial charge in [0.25, 0.3) is 0 Å². The fraction of sp³-hybridized carbons (Fsp3) is 0.133. The molecule has 0 aliphatic rings. The number of rotatable bonds is 3. The van der Waals surface area contributed by atoms with Gasteiger partial charge in [-0.15, -0.1) is 0 Å². The molecular weight excluding hydrogens is 266 g/mol. The van der Waals surface area contributed by atoms with E-state index in [4.69, 9.17) is 10.5 Å². The molecule has 6 nitrogen and oxygen atoms in total. The molecule has 0 aliphatic carbocycles. The summed E-state index contributed by atoms with van der Waals surface area (Å²) in [6, 6.07) is 13.6. The second-order valence-electron chi connectivity index (χ2n) is 4.79. The van der Waals surface area contributed by atoms with Gasteiger partial charge in [-0.25, -0.2) is 0 Å². The van der Waals surface area contributed by atoms with Crippen LogP contribution >= 0.6 is 0 Å². The molecule has 0 amide bonds. The van der Waals surface area contributed by atoms with Crippen LogP contribution in [0, 0.1) is 13.8 Å². The number of nitrogens with zero attached hydrogens (tertiary/aromatic N) is 4. The zero-order chi connectivity index (χ0) is 14.8. The second-order valence-corrected chi connectivity index (χ2v) is 4.79. The molecule has 106 valence electrons. The third kappa shape index (κ3) is 2.55. The van der Waals surface area contributed by atoms with Gasteiger partial charge in [-0.1, -0.05) is 29.4 Å². The fourth-order valence-electron chi connectivity index (χ4n) is 2.03. The SMILES string of the molecule is Cc1cc(C)c(Oc2nnnn2-c2ccccc2)cc1N. The van der Waals surface area contributed by atoms with E-state index in [0.29, 0.717) is 17.4 Å². The molecule has 0 saturated heterocycles. The van der Waals surface area contributed by atoms with Crippen LogP contribution in [0.1, 0.15) is 11.1 Å². The van der Waals surface area contributed by atoms with E-state index < -0.39 is 0 Å². The standard InChI is InChI=1S/C15H15N5O/c1-10-8-11(2)14(9-13(10)16)21-15-17-18-19-20(15)12-6-4-3-5-7-12/h3-9H,16H2,1-2H3. The molecule has 0 radical (unpaired) electrons. The molecule has 0 spiro atoms. The monoisotopic (exact) mass is 281 g/mol. The smallest absolute Gasteiger partial charge is 0.345 e. The highest BCUT2D eigenvalue weighted by atomic mass is 16.5. The number of nitrogens with two attached hydrogens (primary N) is 1. The van der Waals surface area contributed by atoms with Crippen molar-refractivity contribution in [3.63, 3.8) is 0 Å². The average Bonchev–Trinajstić information content (AvgIpc) is 2.94. The summed E-state index contributed by atoms with van der Waals surface area (Å²) < 4.78 is 7.35. The van der Waals surface area contributed by atoms with Gasteiger partial charge in [-0.05, 0) is 47.5 Å². The number of aryl methyl sites for hydroxylation is 2. The average molecular weight is 281 g/mol. The fourth-order valence-corrected chi connectivity index (χ4v) is 2.03. The molecule has 0 atom stereocenters. The van der Waals surface area contributed by atoms with E-state index in [9.17, 15) is 0 Å². The molecule has 0 aliphatic heterocycles. The first kappa shape index (κ1) is 13.1. The Morgan fingerprint density at radius 2 is 1.81 bits per heavy atom. The Bertz CT molecular complexity index is 767. The molecule has 0 fully saturated rings. The molecule has 0 unspecified atom stereocenters. The van der Waals surface area contributed by atoms with E-state index in [1.165, 1.54) is 4.68 Å². The van der Waals surface area contributed by atoms with Gasteiger partial charge in [0.05, 0.1) is 5.69 Å². The molecule has 21 heavy (non-hydrogen) atoms. The van der Waals surface area contributed by atoms with E-state index in [1.54, 1.807) is 6.07 Å². The van der Waals surface area contributed by atoms with Crippen LogP contribution in [-0.2, 0) is 0 Å². The Kier molecular flexibility index (Phi) is 3.27. The highest BCUT2D eigenvalue weighted by Gasteiger charge is 2.12. The number of para-hydroxylation sites is 1. The largest absolute Gasteiger partial charge is 0.423 e. The molecule has 3 rings (SSSR count). The number of nitrogen functional groups attached to an aromatic ring is 1. The van der Waals surface area contributed by atoms with Crippen LogP contribution in [0.4, 0.5) is 5.69 Å². The maximum atomic E-state index is 5.93. The molecular formula is C15H15N5O. The first-order chi connectivity index (χ1) is 10.1. The van der Waals surface area contributed by atoms with E-state index in [2.05, 4.69) is 15.5 Å². The van der Waals surface area contributed by atoms with Crippen LogP contribution in [-0.4, -0.2) is 20.2 Å². The summed E-state index contributed by atoms with van der Waals surface area (Å²) in [6.45, 7) is 3.92. The third-order valence-corrected chi connectivity index (χ3v) is 3.21. The summed E-state index contributed by atoms with van der Waals surface area (Å²) in [4.78, 5) is 0. The number of tetrazole rings is 1. The second kappa shape index (κ2) is 5.24. The minimum absolute atomic E-state index is 0.299. The van der Waals surface area contributed by atoms with Gasteiger partial charge in [0, 0.05) is 11.8 Å². The van der Waals surface area contributed by atoms with Crippen LogP contribution in [0.2, 0.25) is 0 Å². The number of hydrogen-bond donors (Lipinski definition) is 1. The number of hydrogen-bond acceptors (Lipinski definition) is 5. The van der Waals surface area contributed by atoms with Gasteiger partial charge in [0.2, 0.25) is 0 Å². The zero-order valence-corrected chi connectivity index (χ0v) is 11.8. The van der Waals surface area contributed by atoms with Crippen molar-refractivity contribution in [1.29, 1.82) is 0 Å². The molecule has 0 saturated carbocycles. The lowest BCUT2D eigenvalue weighted by Crippen LogP contribution is -2.01. The van der Waals surface area contributed by atoms with Crippen molar-refractivity contribution in [3.05, 3.63) is 53.6 Å². The van der Waals surface area contributed by atoms with Crippen LogP contribution in [0.15, 0.2) is 42.5 Å². The summed E-state index contributed by atoms with van der Waals surface area (Å²) in [5.74, 6) is 0.644. The lowest BCUT2D eigenvalue weighted by molar-refractivity contribution is 0.424. The summed E-state index contributed by atoms with van der Waals surface area (Å²) in [7, 11) is 0. The summed E-state index contributed by atoms with van der Waals surface area (Å²) in [5, 5.41) is 11.5. The third-order valence-electron chi connectivity index (χ3n) is 3.21. The van der Waals surface area contributed by atoms with Crippen molar-refractivity contribution >= 4 is 5.69 Å². The number of aromatic nitrogens is 4. The molecule has 1 heterocycles. The van der Waals surface area contributed by atoms with Crippen molar-refractivity contribution in [2.24, 2.45) is 0 Å². The van der Waals surface area contributed by atoms with Gasteiger partial charge in [-0.3, -0.25) is 0 Å². The minimum atomic E-state index is 0.299. The first-order valence-corrected chi connectivity index (χ1v) is 6.53. The van der Waals surface area contributed by atoms with Crippen molar-refractivity contribution in [1.82, 2.24) is 20.2 Å². The van der Waals surface area contributed by atoms with Crippen LogP contribution in [0.3, 0.4) is 0 Å². The van der Waals surface area contributed by atoms with Gasteiger partial charge >= 0.3 is 6.01 Å². The maximum absolute atomic E-state index is 5.93. The van der Waals surface area contributed by atoms with E-state index in [0.717, 1.165) is 16.8 Å². The molecule has 6 heteroatoms. The quantitative estimate of drug-likeness (QED) is 0.747. The molecule has 2 N–H and O–H groups in total. The number of benzene rings is 2. The minimum Gasteiger partial charge on any atom is -0.423 e. The van der Waals surface area contributed by atoms with Gasteiger partial charge in [0.15, 0.2) is 0 Å². The topological polar surface area (TPSA) is 78.9 Å². The van der Waals surface area contributed by atoms with E-state index in [-0.39, 0.29) is 0 Å². The Labute approximate surface area is 122 Å². The Hall–Kier alpha value is -2.89. The van der Waals surface area contributed by atoms with Crippen molar-refractivity contribution in [2.75, 3.05) is 5.73 Å². The van der Waals surface area contributed by atoms with Crippen LogP contribution in [0.25, 0.3) is 5.69 Å². The Balaban J connectivity index is 1.97. The van der Waals surface area contributed by atoms with E-state index in [1.807, 2.05) is 50.2 Å². The first-order valence-electron chi connectivity index (χ1n) is 6.53. The predicted octanol–water partition coefficient (Wildman–Crippen LogP) is 2.65. The molecule has 0 bridgehead atoms. The number of ether oxygens (including phenoxy) is 1. The van der Waals surface area contributed by atoms with Gasteiger partial charge in [-0.2, -0.15) is 4.68 Å². The summed E-state index contributed by atoms with van der Waals surface area (Å²) in [6.07, 6.45) is 0. The molecule has 3 aromatic rings. The number of anilines is 1.